The minimum absolute atomic E-state index is 0.251. The molecule has 2 aromatic rings. The SMILES string of the molecule is NC(c1ccccc1)c1ccc(C(=O)O)s1. The van der Waals surface area contributed by atoms with E-state index in [9.17, 15) is 4.79 Å². The molecule has 3 nitrogen and oxygen atoms in total. The fourth-order valence-corrected chi connectivity index (χ4v) is 2.34. The normalized spacial score (nSPS) is 12.3. The molecule has 0 amide bonds. The van der Waals surface area contributed by atoms with E-state index in [0.717, 1.165) is 10.4 Å². The zero-order valence-corrected chi connectivity index (χ0v) is 9.28. The maximum absolute atomic E-state index is 10.7. The number of carbonyl (C=O) groups is 1. The lowest BCUT2D eigenvalue weighted by molar-refractivity contribution is 0.0702. The summed E-state index contributed by atoms with van der Waals surface area (Å²) >= 11 is 1.22. The Hall–Kier alpha value is -1.65. The first-order chi connectivity index (χ1) is 7.68. The average molecular weight is 233 g/mol. The molecule has 0 aliphatic heterocycles. The highest BCUT2D eigenvalue weighted by molar-refractivity contribution is 7.14. The first kappa shape index (κ1) is 10.9. The van der Waals surface area contributed by atoms with Gasteiger partial charge in [0.05, 0.1) is 6.04 Å². The minimum atomic E-state index is -0.906. The Balaban J connectivity index is 2.27. The first-order valence-corrected chi connectivity index (χ1v) is 5.63. The topological polar surface area (TPSA) is 63.3 Å². The molecule has 1 aromatic carbocycles. The lowest BCUT2D eigenvalue weighted by Crippen LogP contribution is -2.09. The van der Waals surface area contributed by atoms with Crippen molar-refractivity contribution in [2.75, 3.05) is 0 Å². The summed E-state index contributed by atoms with van der Waals surface area (Å²) in [5.74, 6) is -0.906. The molecule has 0 radical (unpaired) electrons. The molecule has 2 rings (SSSR count). The monoisotopic (exact) mass is 233 g/mol. The molecule has 82 valence electrons. The van der Waals surface area contributed by atoms with Crippen molar-refractivity contribution in [2.45, 2.75) is 6.04 Å². The smallest absolute Gasteiger partial charge is 0.345 e. The van der Waals surface area contributed by atoms with Crippen LogP contribution in [-0.2, 0) is 0 Å². The van der Waals surface area contributed by atoms with Crippen molar-refractivity contribution < 1.29 is 9.90 Å². The molecular formula is C12H11NO2S. The summed E-state index contributed by atoms with van der Waals surface area (Å²) in [7, 11) is 0. The zero-order chi connectivity index (χ0) is 11.5. The summed E-state index contributed by atoms with van der Waals surface area (Å²) < 4.78 is 0. The molecule has 1 heterocycles. The van der Waals surface area contributed by atoms with Crippen molar-refractivity contribution in [3.63, 3.8) is 0 Å². The van der Waals surface area contributed by atoms with Gasteiger partial charge in [-0.3, -0.25) is 0 Å². The molecule has 1 aromatic heterocycles. The predicted molar refractivity (Wildman–Crippen MR) is 63.8 cm³/mol. The third-order valence-electron chi connectivity index (χ3n) is 2.30. The van der Waals surface area contributed by atoms with Gasteiger partial charge in [0.25, 0.3) is 0 Å². The van der Waals surface area contributed by atoms with Gasteiger partial charge in [0.1, 0.15) is 4.88 Å². The third-order valence-corrected chi connectivity index (χ3v) is 3.46. The van der Waals surface area contributed by atoms with Crippen LogP contribution in [-0.4, -0.2) is 11.1 Å². The number of thiophene rings is 1. The predicted octanol–water partition coefficient (Wildman–Crippen LogP) is 2.49. The molecule has 0 spiro atoms. The number of carboxylic acids is 1. The Morgan fingerprint density at radius 3 is 2.44 bits per heavy atom. The number of hydrogen-bond donors (Lipinski definition) is 2. The second-order valence-electron chi connectivity index (χ2n) is 3.40. The van der Waals surface area contributed by atoms with Gasteiger partial charge in [-0.2, -0.15) is 0 Å². The molecule has 4 heteroatoms. The lowest BCUT2D eigenvalue weighted by Gasteiger charge is -2.08. The number of nitrogens with two attached hydrogens (primary N) is 1. The van der Waals surface area contributed by atoms with E-state index in [0.29, 0.717) is 4.88 Å². The van der Waals surface area contributed by atoms with Crippen LogP contribution in [0.3, 0.4) is 0 Å². The highest BCUT2D eigenvalue weighted by Gasteiger charge is 2.13. The van der Waals surface area contributed by atoms with Gasteiger partial charge in [0.15, 0.2) is 0 Å². The molecule has 16 heavy (non-hydrogen) atoms. The summed E-state index contributed by atoms with van der Waals surface area (Å²) in [6.45, 7) is 0. The van der Waals surface area contributed by atoms with Crippen LogP contribution in [0.1, 0.15) is 26.2 Å². The largest absolute Gasteiger partial charge is 0.477 e. The minimum Gasteiger partial charge on any atom is -0.477 e. The van der Waals surface area contributed by atoms with Gasteiger partial charge in [0.2, 0.25) is 0 Å². The number of carboxylic acid groups (broad SMARTS) is 1. The molecule has 0 aliphatic rings. The average Bonchev–Trinajstić information content (AvgIpc) is 2.78. The Kier molecular flexibility index (Phi) is 3.03. The van der Waals surface area contributed by atoms with Gasteiger partial charge in [0, 0.05) is 4.88 Å². The van der Waals surface area contributed by atoms with Gasteiger partial charge in [-0.15, -0.1) is 11.3 Å². The lowest BCUT2D eigenvalue weighted by atomic mass is 10.1. The number of aromatic carboxylic acids is 1. The maximum atomic E-state index is 10.7. The van der Waals surface area contributed by atoms with E-state index in [-0.39, 0.29) is 6.04 Å². The summed E-state index contributed by atoms with van der Waals surface area (Å²) in [6, 6.07) is 12.7. The molecule has 0 saturated carbocycles. The van der Waals surface area contributed by atoms with Crippen LogP contribution in [0.2, 0.25) is 0 Å². The van der Waals surface area contributed by atoms with Crippen molar-refractivity contribution in [1.82, 2.24) is 0 Å². The Bertz CT molecular complexity index is 493. The maximum Gasteiger partial charge on any atom is 0.345 e. The van der Waals surface area contributed by atoms with Crippen LogP contribution < -0.4 is 5.73 Å². The Morgan fingerprint density at radius 1 is 1.19 bits per heavy atom. The fraction of sp³-hybridized carbons (Fsp3) is 0.0833. The number of hydrogen-bond acceptors (Lipinski definition) is 3. The van der Waals surface area contributed by atoms with Gasteiger partial charge in [-0.1, -0.05) is 30.3 Å². The van der Waals surface area contributed by atoms with Gasteiger partial charge < -0.3 is 10.8 Å². The highest BCUT2D eigenvalue weighted by atomic mass is 32.1. The highest BCUT2D eigenvalue weighted by Crippen LogP contribution is 2.26. The van der Waals surface area contributed by atoms with Gasteiger partial charge in [-0.25, -0.2) is 4.79 Å². The molecule has 3 N–H and O–H groups in total. The second kappa shape index (κ2) is 4.47. The van der Waals surface area contributed by atoms with E-state index in [2.05, 4.69) is 0 Å². The summed E-state index contributed by atoms with van der Waals surface area (Å²) in [5, 5.41) is 8.82. The third kappa shape index (κ3) is 2.13. The molecule has 1 unspecified atom stereocenters. The molecule has 0 aliphatic carbocycles. The van der Waals surface area contributed by atoms with Crippen LogP contribution >= 0.6 is 11.3 Å². The molecule has 1 atom stereocenters. The van der Waals surface area contributed by atoms with Crippen LogP contribution in [0, 0.1) is 0 Å². The van der Waals surface area contributed by atoms with Crippen LogP contribution in [0.15, 0.2) is 42.5 Å². The van der Waals surface area contributed by atoms with E-state index in [4.69, 9.17) is 10.8 Å². The van der Waals surface area contributed by atoms with Crippen LogP contribution in [0.4, 0.5) is 0 Å². The summed E-state index contributed by atoms with van der Waals surface area (Å²) in [4.78, 5) is 11.9. The van der Waals surface area contributed by atoms with E-state index in [1.807, 2.05) is 30.3 Å². The van der Waals surface area contributed by atoms with E-state index >= 15 is 0 Å². The van der Waals surface area contributed by atoms with Crippen LogP contribution in [0.5, 0.6) is 0 Å². The van der Waals surface area contributed by atoms with Crippen molar-refractivity contribution in [3.05, 3.63) is 57.8 Å². The Labute approximate surface area is 97.2 Å². The van der Waals surface area contributed by atoms with E-state index < -0.39 is 5.97 Å². The van der Waals surface area contributed by atoms with Crippen molar-refractivity contribution >= 4 is 17.3 Å². The van der Waals surface area contributed by atoms with Crippen molar-refractivity contribution in [2.24, 2.45) is 5.73 Å². The Morgan fingerprint density at radius 2 is 1.88 bits per heavy atom. The quantitative estimate of drug-likeness (QED) is 0.856. The van der Waals surface area contributed by atoms with Crippen molar-refractivity contribution in [3.8, 4) is 0 Å². The van der Waals surface area contributed by atoms with Gasteiger partial charge >= 0.3 is 5.97 Å². The summed E-state index contributed by atoms with van der Waals surface area (Å²) in [6.07, 6.45) is 0. The molecule has 0 bridgehead atoms. The molecular weight excluding hydrogens is 222 g/mol. The fourth-order valence-electron chi connectivity index (χ4n) is 1.46. The standard InChI is InChI=1S/C12H11NO2S/c13-11(8-4-2-1-3-5-8)9-6-7-10(16-9)12(14)15/h1-7,11H,13H2,(H,14,15). The van der Waals surface area contributed by atoms with E-state index in [1.54, 1.807) is 12.1 Å². The van der Waals surface area contributed by atoms with Gasteiger partial charge in [-0.05, 0) is 17.7 Å². The van der Waals surface area contributed by atoms with E-state index in [1.165, 1.54) is 11.3 Å². The first-order valence-electron chi connectivity index (χ1n) is 4.82. The second-order valence-corrected chi connectivity index (χ2v) is 4.51. The zero-order valence-electron chi connectivity index (χ0n) is 8.46. The van der Waals surface area contributed by atoms with Crippen LogP contribution in [0.25, 0.3) is 0 Å². The molecule has 0 fully saturated rings. The molecule has 0 saturated heterocycles. The number of benzene rings is 1. The number of rotatable bonds is 3. The summed E-state index contributed by atoms with van der Waals surface area (Å²) in [5.41, 5.74) is 7.03. The van der Waals surface area contributed by atoms with Crippen molar-refractivity contribution in [1.29, 1.82) is 0 Å².